The zero-order chi connectivity index (χ0) is 16.3. The molecule has 3 heterocycles. The van der Waals surface area contributed by atoms with Crippen molar-refractivity contribution < 1.29 is 14.6 Å². The number of amides is 1. The molecular weight excluding hydrogens is 294 g/mol. The van der Waals surface area contributed by atoms with Crippen molar-refractivity contribution in [3.63, 3.8) is 0 Å². The highest BCUT2D eigenvalue weighted by atomic mass is 16.5. The van der Waals surface area contributed by atoms with Crippen LogP contribution in [0.2, 0.25) is 0 Å². The lowest BCUT2D eigenvalue weighted by Crippen LogP contribution is -2.52. The summed E-state index contributed by atoms with van der Waals surface area (Å²) in [6.07, 6.45) is 5.08. The molecule has 0 aliphatic carbocycles. The first-order chi connectivity index (χ1) is 11.1. The van der Waals surface area contributed by atoms with Crippen molar-refractivity contribution in [1.82, 2.24) is 15.2 Å². The summed E-state index contributed by atoms with van der Waals surface area (Å²) in [4.78, 5) is 18.6. The van der Waals surface area contributed by atoms with E-state index in [-0.39, 0.29) is 18.0 Å². The number of piperidine rings is 1. The first-order valence-electron chi connectivity index (χ1n) is 8.27. The summed E-state index contributed by atoms with van der Waals surface area (Å²) in [6, 6.07) is 6.16. The van der Waals surface area contributed by atoms with Gasteiger partial charge in [-0.1, -0.05) is 6.07 Å². The van der Waals surface area contributed by atoms with Gasteiger partial charge in [-0.05, 0) is 37.8 Å². The fourth-order valence-corrected chi connectivity index (χ4v) is 3.94. The van der Waals surface area contributed by atoms with Crippen LogP contribution >= 0.6 is 0 Å². The number of nitrogens with one attached hydrogen (secondary N) is 1. The van der Waals surface area contributed by atoms with E-state index in [1.807, 2.05) is 18.2 Å². The van der Waals surface area contributed by atoms with E-state index < -0.39 is 5.60 Å². The minimum Gasteiger partial charge on any atom is -0.383 e. The molecule has 2 bridgehead atoms. The van der Waals surface area contributed by atoms with Gasteiger partial charge in [0.25, 0.3) is 0 Å². The zero-order valence-corrected chi connectivity index (χ0v) is 13.6. The number of hydrogen-bond donors (Lipinski definition) is 2. The summed E-state index contributed by atoms with van der Waals surface area (Å²) in [5, 5.41) is 13.9. The Labute approximate surface area is 136 Å². The van der Waals surface area contributed by atoms with Gasteiger partial charge < -0.3 is 15.2 Å². The highest BCUT2D eigenvalue weighted by Crippen LogP contribution is 2.44. The van der Waals surface area contributed by atoms with Crippen molar-refractivity contribution in [1.29, 1.82) is 0 Å². The summed E-state index contributed by atoms with van der Waals surface area (Å²) in [7, 11) is 1.62. The molecule has 2 aliphatic heterocycles. The van der Waals surface area contributed by atoms with Crippen LogP contribution in [-0.2, 0) is 15.1 Å². The maximum atomic E-state index is 12.1. The molecule has 3 rings (SSSR count). The van der Waals surface area contributed by atoms with Crippen molar-refractivity contribution in [2.75, 3.05) is 26.8 Å². The Morgan fingerprint density at radius 1 is 1.43 bits per heavy atom. The van der Waals surface area contributed by atoms with E-state index in [4.69, 9.17) is 4.74 Å². The van der Waals surface area contributed by atoms with Crippen LogP contribution in [0.5, 0.6) is 0 Å². The SMILES string of the molecule is COCCNC(=O)CN1[C@@H]2CC[C@H]1CC(O)(c1ccccn1)C2. The first kappa shape index (κ1) is 16.4. The number of nitrogens with zero attached hydrogens (tertiary/aromatic N) is 2. The van der Waals surface area contributed by atoms with Gasteiger partial charge in [0.15, 0.2) is 0 Å². The average Bonchev–Trinajstić information content (AvgIpc) is 2.80. The third-order valence-electron chi connectivity index (χ3n) is 5.01. The molecule has 2 aliphatic rings. The molecule has 0 aromatic carbocycles. The number of aromatic nitrogens is 1. The van der Waals surface area contributed by atoms with Crippen molar-refractivity contribution in [3.8, 4) is 0 Å². The van der Waals surface area contributed by atoms with E-state index in [1.54, 1.807) is 13.3 Å². The monoisotopic (exact) mass is 319 g/mol. The van der Waals surface area contributed by atoms with E-state index in [0.29, 0.717) is 32.5 Å². The minimum atomic E-state index is -0.865. The molecule has 3 atom stereocenters. The molecule has 2 fully saturated rings. The van der Waals surface area contributed by atoms with Gasteiger partial charge in [0.05, 0.1) is 18.8 Å². The Morgan fingerprint density at radius 2 is 2.17 bits per heavy atom. The van der Waals surface area contributed by atoms with Gasteiger partial charge >= 0.3 is 0 Å². The third kappa shape index (κ3) is 3.54. The summed E-state index contributed by atoms with van der Waals surface area (Å²) in [5.41, 5.74) is -0.114. The number of fused-ring (bicyclic) bond motifs is 2. The standard InChI is InChI=1S/C17H25N3O3/c1-23-9-8-19-16(21)12-20-13-5-6-14(20)11-17(22,10-13)15-4-2-3-7-18-15/h2-4,7,13-14,22H,5-6,8-12H2,1H3,(H,19,21)/t13-,14+,17?. The Bertz CT molecular complexity index is 523. The van der Waals surface area contributed by atoms with Gasteiger partial charge in [0.2, 0.25) is 5.91 Å². The van der Waals surface area contributed by atoms with Gasteiger partial charge in [0.1, 0.15) is 5.60 Å². The molecule has 6 nitrogen and oxygen atoms in total. The van der Waals surface area contributed by atoms with Crippen LogP contribution in [0.1, 0.15) is 31.4 Å². The number of pyridine rings is 1. The van der Waals surface area contributed by atoms with Crippen molar-refractivity contribution in [2.24, 2.45) is 0 Å². The second-order valence-corrected chi connectivity index (χ2v) is 6.55. The van der Waals surface area contributed by atoms with Crippen LogP contribution in [0.4, 0.5) is 0 Å². The molecule has 1 amide bonds. The average molecular weight is 319 g/mol. The van der Waals surface area contributed by atoms with Crippen molar-refractivity contribution >= 4 is 5.91 Å². The molecular formula is C17H25N3O3. The number of aliphatic hydroxyl groups is 1. The number of methoxy groups -OCH3 is 1. The quantitative estimate of drug-likeness (QED) is 0.754. The number of ether oxygens (including phenoxy) is 1. The highest BCUT2D eigenvalue weighted by molar-refractivity contribution is 5.78. The first-order valence-corrected chi connectivity index (χ1v) is 8.27. The molecule has 1 unspecified atom stereocenters. The molecule has 23 heavy (non-hydrogen) atoms. The van der Waals surface area contributed by atoms with E-state index in [9.17, 15) is 9.90 Å². The number of rotatable bonds is 6. The largest absolute Gasteiger partial charge is 0.383 e. The lowest BCUT2D eigenvalue weighted by atomic mass is 9.83. The second kappa shape index (κ2) is 6.95. The Morgan fingerprint density at radius 3 is 2.78 bits per heavy atom. The summed E-state index contributed by atoms with van der Waals surface area (Å²) in [6.45, 7) is 1.46. The predicted octanol–water partition coefficient (Wildman–Crippen LogP) is 0.659. The van der Waals surface area contributed by atoms with Gasteiger partial charge in [-0.3, -0.25) is 14.7 Å². The molecule has 0 saturated carbocycles. The van der Waals surface area contributed by atoms with E-state index in [1.165, 1.54) is 0 Å². The molecule has 1 aromatic rings. The van der Waals surface area contributed by atoms with E-state index in [0.717, 1.165) is 18.5 Å². The molecule has 6 heteroatoms. The number of carbonyl (C=O) groups is 1. The summed E-state index contributed by atoms with van der Waals surface area (Å²) >= 11 is 0. The predicted molar refractivity (Wildman–Crippen MR) is 85.8 cm³/mol. The molecule has 0 spiro atoms. The van der Waals surface area contributed by atoms with Crippen LogP contribution in [-0.4, -0.2) is 59.8 Å². The normalized spacial score (nSPS) is 30.3. The topological polar surface area (TPSA) is 74.7 Å². The lowest BCUT2D eigenvalue weighted by Gasteiger charge is -2.43. The maximum Gasteiger partial charge on any atom is 0.234 e. The minimum absolute atomic E-state index is 0.0298. The van der Waals surface area contributed by atoms with E-state index in [2.05, 4.69) is 15.2 Å². The number of carbonyl (C=O) groups excluding carboxylic acids is 1. The third-order valence-corrected chi connectivity index (χ3v) is 5.01. The highest BCUT2D eigenvalue weighted by Gasteiger charge is 2.49. The van der Waals surface area contributed by atoms with Crippen LogP contribution in [0.3, 0.4) is 0 Å². The summed E-state index contributed by atoms with van der Waals surface area (Å²) < 4.78 is 4.94. The summed E-state index contributed by atoms with van der Waals surface area (Å²) in [5.74, 6) is 0.0298. The van der Waals surface area contributed by atoms with Gasteiger partial charge in [-0.15, -0.1) is 0 Å². The Kier molecular flexibility index (Phi) is 4.94. The Balaban J connectivity index is 1.62. The van der Waals surface area contributed by atoms with E-state index >= 15 is 0 Å². The second-order valence-electron chi connectivity index (χ2n) is 6.55. The molecule has 1 aromatic heterocycles. The van der Waals surface area contributed by atoms with Crippen LogP contribution in [0.15, 0.2) is 24.4 Å². The van der Waals surface area contributed by atoms with Gasteiger partial charge in [-0.2, -0.15) is 0 Å². The number of hydrogen-bond acceptors (Lipinski definition) is 5. The fourth-order valence-electron chi connectivity index (χ4n) is 3.94. The molecule has 2 saturated heterocycles. The maximum absolute atomic E-state index is 12.1. The lowest BCUT2D eigenvalue weighted by molar-refractivity contribution is -0.126. The van der Waals surface area contributed by atoms with Crippen LogP contribution in [0, 0.1) is 0 Å². The Hall–Kier alpha value is -1.50. The van der Waals surface area contributed by atoms with Crippen LogP contribution in [0.25, 0.3) is 0 Å². The van der Waals surface area contributed by atoms with Gasteiger partial charge in [-0.25, -0.2) is 0 Å². The van der Waals surface area contributed by atoms with Crippen molar-refractivity contribution in [2.45, 2.75) is 43.4 Å². The molecule has 126 valence electrons. The van der Waals surface area contributed by atoms with Crippen LogP contribution < -0.4 is 5.32 Å². The fraction of sp³-hybridized carbons (Fsp3) is 0.647. The zero-order valence-electron chi connectivity index (χ0n) is 13.6. The smallest absolute Gasteiger partial charge is 0.234 e. The molecule has 2 N–H and O–H groups in total. The molecule has 0 radical (unpaired) electrons. The van der Waals surface area contributed by atoms with Crippen molar-refractivity contribution in [3.05, 3.63) is 30.1 Å². The van der Waals surface area contributed by atoms with Gasteiger partial charge in [0, 0.05) is 31.9 Å².